The number of hydrogen-bond donors (Lipinski definition) is 7. The molecule has 85 heavy (non-hydrogen) atoms. The van der Waals surface area contributed by atoms with E-state index >= 15 is 0 Å². The van der Waals surface area contributed by atoms with Crippen molar-refractivity contribution in [3.05, 3.63) is 165 Å². The van der Waals surface area contributed by atoms with E-state index in [4.69, 9.17) is 66.6 Å². The number of anilines is 2. The predicted molar refractivity (Wildman–Crippen MR) is 317 cm³/mol. The van der Waals surface area contributed by atoms with Crippen LogP contribution in [0.5, 0.6) is 34.9 Å². The van der Waals surface area contributed by atoms with E-state index in [2.05, 4.69) is 55.8 Å². The number of nitrogens with zero attached hydrogens (tertiary/aromatic N) is 8. The van der Waals surface area contributed by atoms with Crippen molar-refractivity contribution in [1.82, 2.24) is 50.7 Å². The fourth-order valence-electron chi connectivity index (χ4n) is 9.77. The van der Waals surface area contributed by atoms with Crippen LogP contribution in [0.15, 0.2) is 65.5 Å². The molecule has 0 saturated heterocycles. The molecule has 8 N–H and O–H groups in total. The van der Waals surface area contributed by atoms with Crippen molar-refractivity contribution < 1.29 is 28.5 Å². The minimum absolute atomic E-state index is 0. The van der Waals surface area contributed by atoms with Crippen molar-refractivity contribution in [3.63, 3.8) is 0 Å². The Morgan fingerprint density at radius 1 is 0.729 bits per heavy atom. The van der Waals surface area contributed by atoms with Gasteiger partial charge in [-0.25, -0.2) is 24.9 Å². The molecule has 0 spiro atoms. The summed E-state index contributed by atoms with van der Waals surface area (Å²) in [5.74, 6) is 1.13. The highest BCUT2D eigenvalue weighted by Gasteiger charge is 2.31. The zero-order valence-electron chi connectivity index (χ0n) is 45.9. The van der Waals surface area contributed by atoms with E-state index in [0.29, 0.717) is 80.5 Å². The number of nitrogens with two attached hydrogens (primary N) is 1. The van der Waals surface area contributed by atoms with Crippen LogP contribution in [-0.2, 0) is 28.8 Å². The fraction of sp³-hybridized carbons (Fsp3) is 0.321. The molecular formula is C56H56Cl3N15O11. The first-order chi connectivity index (χ1) is 40.0. The van der Waals surface area contributed by atoms with Gasteiger partial charge in [-0.15, -0.1) is 20.0 Å². The van der Waals surface area contributed by atoms with Gasteiger partial charge < -0.3 is 29.5 Å². The molecular weight excluding hydrogens is 1170 g/mol. The first kappa shape index (κ1) is 63.0. The van der Waals surface area contributed by atoms with Gasteiger partial charge >= 0.3 is 17.6 Å². The van der Waals surface area contributed by atoms with Crippen LogP contribution >= 0.6 is 34.8 Å². The maximum atomic E-state index is 12.1. The Hall–Kier alpha value is -9.63. The zero-order valence-corrected chi connectivity index (χ0v) is 48.2. The first-order valence-electron chi connectivity index (χ1n) is 25.9. The summed E-state index contributed by atoms with van der Waals surface area (Å²) in [7, 11) is 0. The molecule has 3 aliphatic carbocycles. The summed E-state index contributed by atoms with van der Waals surface area (Å²) in [6.07, 6.45) is 3.74. The van der Waals surface area contributed by atoms with Crippen molar-refractivity contribution >= 4 is 69.7 Å². The van der Waals surface area contributed by atoms with Crippen LogP contribution in [0.4, 0.5) is 22.0 Å². The number of imide groups is 1. The molecule has 442 valence electrons. The van der Waals surface area contributed by atoms with E-state index in [0.717, 1.165) is 58.2 Å². The molecule has 29 heteroatoms. The lowest BCUT2D eigenvalue weighted by Gasteiger charge is -2.14. The second-order valence-electron chi connectivity index (χ2n) is 19.7. The number of amides is 2. The van der Waals surface area contributed by atoms with Gasteiger partial charge in [-0.3, -0.25) is 39.7 Å². The molecule has 0 saturated carbocycles. The normalized spacial score (nSPS) is 15.2. The Morgan fingerprint density at radius 2 is 1.18 bits per heavy atom. The number of ether oxygens (including phenoxy) is 4. The first-order valence-corrected chi connectivity index (χ1v) is 27.0. The van der Waals surface area contributed by atoms with E-state index < -0.39 is 34.8 Å². The van der Waals surface area contributed by atoms with Gasteiger partial charge in [0.2, 0.25) is 23.4 Å². The average molecular weight is 1220 g/mol. The highest BCUT2D eigenvalue weighted by molar-refractivity contribution is 6.47. The Kier molecular flexibility index (Phi) is 19.8. The number of halogens is 3. The third kappa shape index (κ3) is 13.7. The Bertz CT molecular complexity index is 4170. The topological polar surface area (TPSA) is 367 Å². The van der Waals surface area contributed by atoms with E-state index in [1.807, 2.05) is 38.0 Å². The average Bonchev–Trinajstić information content (AvgIpc) is 2.57. The van der Waals surface area contributed by atoms with E-state index in [1.54, 1.807) is 51.1 Å². The predicted octanol–water partition coefficient (Wildman–Crippen LogP) is 9.29. The molecule has 0 aliphatic heterocycles. The largest absolute Gasteiger partial charge is 0.450 e. The number of rotatable bonds is 11. The van der Waals surface area contributed by atoms with Crippen LogP contribution in [0, 0.1) is 38.7 Å². The number of H-pyrrole nitrogens is 4. The van der Waals surface area contributed by atoms with E-state index in [9.17, 15) is 33.6 Å². The second kappa shape index (κ2) is 26.7. The molecule has 26 nitrogen and oxygen atoms in total. The summed E-state index contributed by atoms with van der Waals surface area (Å²) in [4.78, 5) is 88.1. The van der Waals surface area contributed by atoms with Crippen LogP contribution in [0.25, 0.3) is 10.5 Å². The van der Waals surface area contributed by atoms with Gasteiger partial charge in [0.25, 0.3) is 28.1 Å². The minimum atomic E-state index is -1.02. The van der Waals surface area contributed by atoms with Crippen LogP contribution in [0.1, 0.15) is 122 Å². The second-order valence-corrected chi connectivity index (χ2v) is 20.9. The molecule has 7 aromatic rings. The quantitative estimate of drug-likeness (QED) is 0.0274. The van der Waals surface area contributed by atoms with Gasteiger partial charge in [-0.2, -0.15) is 10.4 Å². The maximum absolute atomic E-state index is 12.1. The number of aryl methyl sites for hydroxylation is 3. The molecule has 0 unspecified atom stereocenters. The Labute approximate surface area is 498 Å². The maximum Gasteiger partial charge on any atom is 0.414 e. The van der Waals surface area contributed by atoms with Gasteiger partial charge in [0.15, 0.2) is 17.2 Å². The van der Waals surface area contributed by atoms with Gasteiger partial charge in [-0.1, -0.05) is 69.6 Å². The van der Waals surface area contributed by atoms with Gasteiger partial charge in [0.1, 0.15) is 6.07 Å². The van der Waals surface area contributed by atoms with Gasteiger partial charge in [0, 0.05) is 39.1 Å². The van der Waals surface area contributed by atoms with Crippen LogP contribution in [-0.4, -0.2) is 69.7 Å². The summed E-state index contributed by atoms with van der Waals surface area (Å²) >= 11 is 19.0. The smallest absolute Gasteiger partial charge is 0.414 e. The van der Waals surface area contributed by atoms with Crippen molar-refractivity contribution in [2.75, 3.05) is 17.8 Å². The molecule has 0 bridgehead atoms. The number of nitriles is 1. The van der Waals surface area contributed by atoms with Crippen molar-refractivity contribution in [2.24, 2.45) is 5.10 Å². The molecule has 0 radical (unpaired) electrons. The van der Waals surface area contributed by atoms with Gasteiger partial charge in [0.05, 0.1) is 33.0 Å². The number of carbonyl (C=O) groups excluding carboxylic acids is 2. The number of hydrazone groups is 1. The highest BCUT2D eigenvalue weighted by Crippen LogP contribution is 2.43. The van der Waals surface area contributed by atoms with Crippen LogP contribution < -0.4 is 58.6 Å². The van der Waals surface area contributed by atoms with Crippen molar-refractivity contribution in [1.29, 1.82) is 5.26 Å². The number of benzene rings is 3. The third-order valence-corrected chi connectivity index (χ3v) is 14.6. The Morgan fingerprint density at radius 3 is 1.60 bits per heavy atom. The van der Waals surface area contributed by atoms with Crippen molar-refractivity contribution in [2.45, 2.75) is 112 Å². The number of nitrogen functional groups attached to an aromatic ring is 1. The number of fused-ring (bicyclic) bond motifs is 3. The number of hydrogen-bond acceptors (Lipinski definition) is 19. The Balaban J connectivity index is 0.000000186. The molecule has 4 heterocycles. The SMILES string of the molecule is C.CCOC(=O)NC(=O)/C(C#N)=N/Nc1cc(C)c(Oc2n[nH]c(=O)c3c2CC[C@@H]3C)c(Cl)c1.Cc1cc(N)cc(Cl)c1Oc1n[nH]c(=O)c2c1CC[C@@H]2C.[C-]#[N+]c1nn(-c2cc(C)c(Oc3n[nH]c(=O)c4c3CC[C@@H]4C)c(Cl)c2)c(=O)[nH]c1=O. The molecule has 10 rings (SSSR count). The number of aromatic amines is 4. The third-order valence-electron chi connectivity index (χ3n) is 13.8. The van der Waals surface area contributed by atoms with E-state index in [1.165, 1.54) is 12.1 Å². The number of carbonyl (C=O) groups is 2. The van der Waals surface area contributed by atoms with Crippen LogP contribution in [0.2, 0.25) is 15.1 Å². The monoisotopic (exact) mass is 1220 g/mol. The zero-order chi connectivity index (χ0) is 60.8. The summed E-state index contributed by atoms with van der Waals surface area (Å²) in [5, 5.41) is 38.9. The lowest BCUT2D eigenvalue weighted by atomic mass is 10.1. The summed E-state index contributed by atoms with van der Waals surface area (Å²) in [6, 6.07) is 11.2. The molecule has 0 fully saturated rings. The van der Waals surface area contributed by atoms with E-state index in [-0.39, 0.29) is 70.1 Å². The summed E-state index contributed by atoms with van der Waals surface area (Å²) in [5.41, 5.74) is 13.2. The number of nitrogens with one attached hydrogen (secondary N) is 6. The molecule has 3 atom stereocenters. The number of alkyl carbamates (subject to hydrolysis) is 1. The number of aromatic nitrogens is 9. The highest BCUT2D eigenvalue weighted by atomic mass is 35.5. The van der Waals surface area contributed by atoms with Crippen molar-refractivity contribution in [3.8, 4) is 46.6 Å². The lowest BCUT2D eigenvalue weighted by Crippen LogP contribution is -2.36. The summed E-state index contributed by atoms with van der Waals surface area (Å²) < 4.78 is 23.2. The van der Waals surface area contributed by atoms with Crippen LogP contribution in [0.3, 0.4) is 0 Å². The molecule has 3 aliphatic rings. The van der Waals surface area contributed by atoms with Gasteiger partial charge in [-0.05, 0) is 142 Å². The lowest BCUT2D eigenvalue weighted by molar-refractivity contribution is -0.114. The standard InChI is InChI=1S/C21H21ClN6O5.C19H15ClN6O4.C15H16ClN3O2.CH4/c1-4-32-21(31)24-18(29)15(9-23)26-25-12-7-11(3)17(14(22)8-12)33-20-13-6-5-10(2)16(13)19(30)27-28-20;1-8-4-5-11-13(8)16(27)23-24-18(11)30-14-9(2)6-10(7-12(14)20)26-19(29)22-17(28)15(21-3)25-26;1-7-3-4-10-12(7)14(20)18-19-15(10)21-13-8(2)5-9(17)6-11(13)16;/h7-8,10,25H,4-6H2,1-3H3,(H,27,30)(H,24,29,31);6-8H,4-5H2,1-2H3,(H,23,27)(H,22,28,29);5-7H,3-4,17H2,1-2H3,(H,18,20);1H4/b26-15+;;;/t10-;8-;7-;/m000./s1. The molecule has 3 aromatic carbocycles. The minimum Gasteiger partial charge on any atom is -0.450 e. The summed E-state index contributed by atoms with van der Waals surface area (Å²) in [6.45, 7) is 19.9. The molecule has 4 aromatic heterocycles. The fourth-order valence-corrected chi connectivity index (χ4v) is 10.7. The molecule has 2 amide bonds.